The van der Waals surface area contributed by atoms with Gasteiger partial charge in [-0.3, -0.25) is 4.79 Å². The van der Waals surface area contributed by atoms with Gasteiger partial charge in [0.05, 0.1) is 11.6 Å². The summed E-state index contributed by atoms with van der Waals surface area (Å²) in [6.07, 6.45) is -0.482. The van der Waals surface area contributed by atoms with Crippen LogP contribution in [0.5, 0.6) is 5.75 Å². The van der Waals surface area contributed by atoms with Crippen LogP contribution in [-0.4, -0.2) is 18.0 Å². The fraction of sp³-hybridized carbons (Fsp3) is 0.125. The normalized spacial score (nSPS) is 11.5. The molecule has 0 aliphatic heterocycles. The van der Waals surface area contributed by atoms with Crippen molar-refractivity contribution >= 4 is 29.5 Å². The number of carbonyl (C=O) groups is 1. The zero-order valence-corrected chi connectivity index (χ0v) is 12.8. The number of aliphatic hydroxyl groups excluding tert-OH is 1. The molecule has 0 amide bonds. The molecule has 2 rings (SSSR count). The van der Waals surface area contributed by atoms with Crippen molar-refractivity contribution in [2.75, 3.05) is 6.61 Å². The molecular formula is C16H11Cl2NO3. The van der Waals surface area contributed by atoms with E-state index >= 15 is 0 Å². The van der Waals surface area contributed by atoms with Gasteiger partial charge in [-0.2, -0.15) is 5.26 Å². The van der Waals surface area contributed by atoms with Crippen molar-refractivity contribution in [3.8, 4) is 11.8 Å². The van der Waals surface area contributed by atoms with Crippen LogP contribution in [0.15, 0.2) is 36.4 Å². The standard InChI is InChI=1S/C16H11Cl2NO3/c17-12-1-2-15(22-4-3-20)14(8-12)16(21)11-5-10(9-19)6-13(18)7-11/h1-3,5-8,16,21H,4H2. The van der Waals surface area contributed by atoms with Crippen molar-refractivity contribution in [1.29, 1.82) is 5.26 Å². The van der Waals surface area contributed by atoms with E-state index in [9.17, 15) is 9.90 Å². The van der Waals surface area contributed by atoms with E-state index in [-0.39, 0.29) is 6.61 Å². The highest BCUT2D eigenvalue weighted by Gasteiger charge is 2.17. The van der Waals surface area contributed by atoms with Crippen LogP contribution in [0.3, 0.4) is 0 Å². The molecule has 0 fully saturated rings. The number of hydrogen-bond acceptors (Lipinski definition) is 4. The first-order valence-corrected chi connectivity index (χ1v) is 7.05. The van der Waals surface area contributed by atoms with Gasteiger partial charge in [-0.25, -0.2) is 0 Å². The monoisotopic (exact) mass is 335 g/mol. The molecule has 0 radical (unpaired) electrons. The Kier molecular flexibility index (Phi) is 5.40. The molecule has 0 aliphatic carbocycles. The first-order chi connectivity index (χ1) is 10.5. The van der Waals surface area contributed by atoms with Gasteiger partial charge in [0.2, 0.25) is 0 Å². The predicted octanol–water partition coefficient (Wildman–Crippen LogP) is 3.52. The molecular weight excluding hydrogens is 325 g/mol. The Morgan fingerprint density at radius 1 is 1.23 bits per heavy atom. The molecule has 0 heterocycles. The Morgan fingerprint density at radius 2 is 2.00 bits per heavy atom. The summed E-state index contributed by atoms with van der Waals surface area (Å²) in [5, 5.41) is 20.3. The molecule has 0 aromatic heterocycles. The highest BCUT2D eigenvalue weighted by atomic mass is 35.5. The molecule has 0 spiro atoms. The number of carbonyl (C=O) groups excluding carboxylic acids is 1. The van der Waals surface area contributed by atoms with E-state index in [1.807, 2.05) is 6.07 Å². The van der Waals surface area contributed by atoms with Crippen molar-refractivity contribution in [2.45, 2.75) is 6.10 Å². The Labute approximate surface area is 137 Å². The third-order valence-electron chi connectivity index (χ3n) is 2.94. The second-order valence-corrected chi connectivity index (χ2v) is 5.32. The minimum Gasteiger partial charge on any atom is -0.486 e. The van der Waals surface area contributed by atoms with Crippen LogP contribution in [-0.2, 0) is 4.79 Å². The number of nitrogens with zero attached hydrogens (tertiary/aromatic N) is 1. The summed E-state index contributed by atoms with van der Waals surface area (Å²) in [5.41, 5.74) is 1.15. The number of benzene rings is 2. The van der Waals surface area contributed by atoms with E-state index < -0.39 is 6.10 Å². The molecule has 4 nitrogen and oxygen atoms in total. The topological polar surface area (TPSA) is 70.3 Å². The number of rotatable bonds is 5. The number of ether oxygens (including phenoxy) is 1. The van der Waals surface area contributed by atoms with Crippen molar-refractivity contribution in [3.05, 3.63) is 63.1 Å². The molecule has 1 unspecified atom stereocenters. The average Bonchev–Trinajstić information content (AvgIpc) is 2.52. The molecule has 0 saturated carbocycles. The molecule has 112 valence electrons. The lowest BCUT2D eigenvalue weighted by Gasteiger charge is -2.16. The van der Waals surface area contributed by atoms with Crippen molar-refractivity contribution < 1.29 is 14.6 Å². The molecule has 0 bridgehead atoms. The van der Waals surface area contributed by atoms with E-state index in [4.69, 9.17) is 33.2 Å². The zero-order valence-electron chi connectivity index (χ0n) is 11.3. The highest BCUT2D eigenvalue weighted by molar-refractivity contribution is 6.31. The van der Waals surface area contributed by atoms with E-state index in [1.54, 1.807) is 24.3 Å². The van der Waals surface area contributed by atoms with Crippen LogP contribution in [0.25, 0.3) is 0 Å². The Balaban J connectivity index is 2.46. The Hall–Kier alpha value is -2.06. The predicted molar refractivity (Wildman–Crippen MR) is 83.2 cm³/mol. The molecule has 22 heavy (non-hydrogen) atoms. The summed E-state index contributed by atoms with van der Waals surface area (Å²) in [6.45, 7) is -0.139. The zero-order chi connectivity index (χ0) is 16.1. The van der Waals surface area contributed by atoms with Crippen molar-refractivity contribution in [1.82, 2.24) is 0 Å². The summed E-state index contributed by atoms with van der Waals surface area (Å²) < 4.78 is 5.29. The number of halogens is 2. The number of nitriles is 1. The van der Waals surface area contributed by atoms with Crippen LogP contribution < -0.4 is 4.74 Å². The van der Waals surface area contributed by atoms with Crippen molar-refractivity contribution in [2.24, 2.45) is 0 Å². The molecule has 2 aromatic rings. The average molecular weight is 336 g/mol. The summed E-state index contributed by atoms with van der Waals surface area (Å²) in [7, 11) is 0. The SMILES string of the molecule is N#Cc1cc(Cl)cc(C(O)c2cc(Cl)ccc2OCC=O)c1. The Morgan fingerprint density at radius 3 is 2.68 bits per heavy atom. The van der Waals surface area contributed by atoms with Gasteiger partial charge in [-0.05, 0) is 42.0 Å². The summed E-state index contributed by atoms with van der Waals surface area (Å²) in [6, 6.07) is 11.3. The van der Waals surface area contributed by atoms with Gasteiger partial charge in [-0.15, -0.1) is 0 Å². The number of aliphatic hydroxyl groups is 1. The highest BCUT2D eigenvalue weighted by Crippen LogP contribution is 2.33. The van der Waals surface area contributed by atoms with Crippen LogP contribution in [0.4, 0.5) is 0 Å². The van der Waals surface area contributed by atoms with Gasteiger partial charge >= 0.3 is 0 Å². The van der Waals surface area contributed by atoms with Gasteiger partial charge in [0.25, 0.3) is 0 Å². The molecule has 0 aliphatic rings. The summed E-state index contributed by atoms with van der Waals surface area (Å²) >= 11 is 11.9. The second-order valence-electron chi connectivity index (χ2n) is 4.45. The lowest BCUT2D eigenvalue weighted by Crippen LogP contribution is -2.06. The van der Waals surface area contributed by atoms with E-state index in [2.05, 4.69) is 0 Å². The lowest BCUT2D eigenvalue weighted by molar-refractivity contribution is -0.109. The van der Waals surface area contributed by atoms with Gasteiger partial charge in [0, 0.05) is 15.6 Å². The van der Waals surface area contributed by atoms with Crippen LogP contribution in [0.2, 0.25) is 10.0 Å². The maximum Gasteiger partial charge on any atom is 0.157 e. The molecule has 0 saturated heterocycles. The molecule has 1 atom stereocenters. The van der Waals surface area contributed by atoms with E-state index in [1.165, 1.54) is 12.1 Å². The number of aldehydes is 1. The molecule has 6 heteroatoms. The smallest absolute Gasteiger partial charge is 0.157 e. The van der Waals surface area contributed by atoms with E-state index in [0.29, 0.717) is 38.8 Å². The third kappa shape index (κ3) is 3.77. The van der Waals surface area contributed by atoms with Crippen LogP contribution in [0.1, 0.15) is 22.8 Å². The first-order valence-electron chi connectivity index (χ1n) is 6.29. The summed E-state index contributed by atoms with van der Waals surface area (Å²) in [5.74, 6) is 0.336. The van der Waals surface area contributed by atoms with Gasteiger partial charge in [0.15, 0.2) is 6.29 Å². The fourth-order valence-corrected chi connectivity index (χ4v) is 2.43. The first kappa shape index (κ1) is 16.3. The van der Waals surface area contributed by atoms with Gasteiger partial charge in [-0.1, -0.05) is 23.2 Å². The largest absolute Gasteiger partial charge is 0.486 e. The maximum atomic E-state index is 10.5. The van der Waals surface area contributed by atoms with Crippen LogP contribution >= 0.6 is 23.2 Å². The minimum absolute atomic E-state index is 0.139. The minimum atomic E-state index is -1.09. The van der Waals surface area contributed by atoms with E-state index in [0.717, 1.165) is 0 Å². The summed E-state index contributed by atoms with van der Waals surface area (Å²) in [4.78, 5) is 10.5. The van der Waals surface area contributed by atoms with Crippen molar-refractivity contribution in [3.63, 3.8) is 0 Å². The van der Waals surface area contributed by atoms with Gasteiger partial charge in [0.1, 0.15) is 18.5 Å². The lowest BCUT2D eigenvalue weighted by atomic mass is 9.99. The fourth-order valence-electron chi connectivity index (χ4n) is 2.00. The van der Waals surface area contributed by atoms with Crippen LogP contribution in [0, 0.1) is 11.3 Å². The molecule has 2 aromatic carbocycles. The quantitative estimate of drug-likeness (QED) is 0.848. The Bertz CT molecular complexity index is 741. The maximum absolute atomic E-state index is 10.5. The van der Waals surface area contributed by atoms with Gasteiger partial charge < -0.3 is 9.84 Å². The molecule has 1 N–H and O–H groups in total. The second kappa shape index (κ2) is 7.28. The number of hydrogen-bond donors (Lipinski definition) is 1. The third-order valence-corrected chi connectivity index (χ3v) is 3.39.